The Labute approximate surface area is 201 Å². The number of carbonyl (C=O) groups is 1. The van der Waals surface area contributed by atoms with Crippen molar-refractivity contribution in [3.05, 3.63) is 64.7 Å². The van der Waals surface area contributed by atoms with Crippen LogP contribution in [0.5, 0.6) is 0 Å². The number of benzene rings is 2. The van der Waals surface area contributed by atoms with Crippen molar-refractivity contribution in [1.29, 1.82) is 0 Å². The number of thioether (sulfide) groups is 1. The molecule has 0 spiro atoms. The topological polar surface area (TPSA) is 65.0 Å². The molecule has 0 radical (unpaired) electrons. The number of halogens is 1. The van der Waals surface area contributed by atoms with Crippen LogP contribution < -0.4 is 4.83 Å². The lowest BCUT2D eigenvalue weighted by Crippen LogP contribution is -2.60. The lowest BCUT2D eigenvalue weighted by Gasteiger charge is -2.48. The second-order valence-electron chi connectivity index (χ2n) is 8.71. The van der Waals surface area contributed by atoms with Crippen LogP contribution in [-0.2, 0) is 11.0 Å². The van der Waals surface area contributed by atoms with Gasteiger partial charge in [0.2, 0.25) is 0 Å². The summed E-state index contributed by atoms with van der Waals surface area (Å²) in [6.45, 7) is 8.12. The third kappa shape index (κ3) is 5.13. The van der Waals surface area contributed by atoms with E-state index in [0.29, 0.717) is 35.4 Å². The molecule has 2 heterocycles. The summed E-state index contributed by atoms with van der Waals surface area (Å²) in [6.07, 6.45) is 0.901. The average Bonchev–Trinajstić information content (AvgIpc) is 2.74. The van der Waals surface area contributed by atoms with Gasteiger partial charge in [-0.3, -0.25) is 4.79 Å². The van der Waals surface area contributed by atoms with Crippen molar-refractivity contribution in [2.75, 3.05) is 19.6 Å². The molecule has 2 aromatic rings. The van der Waals surface area contributed by atoms with Gasteiger partial charge in [-0.15, -0.1) is 5.10 Å². The number of hydrogen-bond acceptors (Lipinski definition) is 4. The Kier molecular flexibility index (Phi) is 6.83. The van der Waals surface area contributed by atoms with Gasteiger partial charge in [0.25, 0.3) is 5.24 Å². The van der Waals surface area contributed by atoms with Crippen molar-refractivity contribution < 1.29 is 9.00 Å². The highest BCUT2D eigenvalue weighted by atomic mass is 35.5. The first-order valence-electron chi connectivity index (χ1n) is 10.5. The summed E-state index contributed by atoms with van der Waals surface area (Å²) in [5.74, 6) is 0.638. The first-order chi connectivity index (χ1) is 15.2. The van der Waals surface area contributed by atoms with Gasteiger partial charge in [-0.05, 0) is 37.6 Å². The zero-order chi connectivity index (χ0) is 22.9. The van der Waals surface area contributed by atoms with Crippen molar-refractivity contribution in [1.82, 2.24) is 14.6 Å². The molecule has 32 heavy (non-hydrogen) atoms. The van der Waals surface area contributed by atoms with Gasteiger partial charge in [-0.25, -0.2) is 9.04 Å². The van der Waals surface area contributed by atoms with Gasteiger partial charge in [0, 0.05) is 29.9 Å². The lowest BCUT2D eigenvalue weighted by atomic mass is 9.98. The van der Waals surface area contributed by atoms with Gasteiger partial charge in [0.05, 0.1) is 16.0 Å². The number of hydrogen-bond donors (Lipinski definition) is 1. The highest BCUT2D eigenvalue weighted by Crippen LogP contribution is 2.39. The molecule has 0 aromatic heterocycles. The quantitative estimate of drug-likeness (QED) is 0.385. The van der Waals surface area contributed by atoms with Crippen LogP contribution in [0, 0.1) is 6.92 Å². The number of amides is 1. The zero-order valence-corrected chi connectivity index (χ0v) is 20.8. The van der Waals surface area contributed by atoms with Crippen LogP contribution in [0.25, 0.3) is 0 Å². The van der Waals surface area contributed by atoms with Gasteiger partial charge in [-0.1, -0.05) is 67.0 Å². The molecule has 2 unspecified atom stereocenters. The van der Waals surface area contributed by atoms with Crippen LogP contribution >= 0.6 is 23.4 Å². The van der Waals surface area contributed by atoms with E-state index >= 15 is 0 Å². The number of carbonyl (C=O) groups excluding carboxylic acids is 1. The van der Waals surface area contributed by atoms with E-state index < -0.39 is 11.0 Å². The first-order valence-corrected chi connectivity index (χ1v) is 12.9. The van der Waals surface area contributed by atoms with E-state index in [4.69, 9.17) is 11.6 Å². The number of hydrazone groups is 1. The Bertz CT molecular complexity index is 1060. The van der Waals surface area contributed by atoms with Crippen molar-refractivity contribution in [2.24, 2.45) is 5.10 Å². The SMILES string of the molecule is Cc1ccc(S(=O)NN=C(c2ccccc2Cl)N2CCN3C(=O)SC(C)(C)CC3C2)cc1. The first kappa shape index (κ1) is 23.1. The molecule has 2 aliphatic heterocycles. The molecular weight excluding hydrogens is 464 g/mol. The maximum Gasteiger partial charge on any atom is 0.282 e. The third-order valence-electron chi connectivity index (χ3n) is 5.69. The van der Waals surface area contributed by atoms with Crippen LogP contribution in [0.3, 0.4) is 0 Å². The number of nitrogens with one attached hydrogen (secondary N) is 1. The molecule has 0 bridgehead atoms. The number of piperazine rings is 1. The fraction of sp³-hybridized carbons (Fsp3) is 0.391. The zero-order valence-electron chi connectivity index (χ0n) is 18.4. The Hall–Kier alpha value is -2.03. The van der Waals surface area contributed by atoms with Crippen molar-refractivity contribution in [3.63, 3.8) is 0 Å². The van der Waals surface area contributed by atoms with Gasteiger partial charge in [0.1, 0.15) is 0 Å². The molecule has 2 aromatic carbocycles. The second-order valence-corrected chi connectivity index (χ2v) is 12.0. The summed E-state index contributed by atoms with van der Waals surface area (Å²) in [7, 11) is -1.50. The van der Waals surface area contributed by atoms with Crippen LogP contribution in [0.15, 0.2) is 58.5 Å². The molecule has 0 aliphatic carbocycles. The predicted octanol–water partition coefficient (Wildman–Crippen LogP) is 4.64. The number of nitrogens with zero attached hydrogens (tertiary/aromatic N) is 3. The molecule has 4 rings (SSSR count). The molecule has 2 saturated heterocycles. The van der Waals surface area contributed by atoms with Gasteiger partial charge < -0.3 is 9.80 Å². The molecule has 2 atom stereocenters. The average molecular weight is 491 g/mol. The van der Waals surface area contributed by atoms with Gasteiger partial charge in [0.15, 0.2) is 16.8 Å². The highest BCUT2D eigenvalue weighted by molar-refractivity contribution is 8.14. The van der Waals surface area contributed by atoms with Crippen LogP contribution in [0.4, 0.5) is 4.79 Å². The standard InChI is InChI=1S/C23H27ClN4O2S2/c1-16-8-10-18(11-9-16)32(30)26-25-21(19-6-4-5-7-20(19)24)27-12-13-28-17(15-27)14-23(2,3)31-22(28)29/h4-11,17,26H,12-15H2,1-3H3. The van der Waals surface area contributed by atoms with Crippen molar-refractivity contribution in [2.45, 2.75) is 42.9 Å². The number of amidine groups is 1. The molecule has 1 N–H and O–H groups in total. The second kappa shape index (κ2) is 9.45. The Balaban J connectivity index is 1.61. The summed E-state index contributed by atoms with van der Waals surface area (Å²) in [6, 6.07) is 15.1. The maximum absolute atomic E-state index is 12.8. The van der Waals surface area contributed by atoms with Gasteiger partial charge >= 0.3 is 0 Å². The minimum atomic E-state index is -1.50. The minimum absolute atomic E-state index is 0.0998. The highest BCUT2D eigenvalue weighted by Gasteiger charge is 2.42. The summed E-state index contributed by atoms with van der Waals surface area (Å²) < 4.78 is 12.7. The maximum atomic E-state index is 12.8. The Morgan fingerprint density at radius 1 is 1.19 bits per heavy atom. The molecule has 9 heteroatoms. The number of fused-ring (bicyclic) bond motifs is 1. The monoisotopic (exact) mass is 490 g/mol. The Morgan fingerprint density at radius 2 is 1.91 bits per heavy atom. The van der Waals surface area contributed by atoms with Crippen molar-refractivity contribution >= 4 is 45.4 Å². The summed E-state index contributed by atoms with van der Waals surface area (Å²) in [5.41, 5.74) is 1.87. The fourth-order valence-electron chi connectivity index (χ4n) is 4.11. The van der Waals surface area contributed by atoms with Gasteiger partial charge in [-0.2, -0.15) is 0 Å². The van der Waals surface area contributed by atoms with Crippen LogP contribution in [0.1, 0.15) is 31.4 Å². The third-order valence-corrected chi connectivity index (χ3v) is 8.11. The normalized spacial score (nSPS) is 21.8. The Morgan fingerprint density at radius 3 is 2.62 bits per heavy atom. The summed E-state index contributed by atoms with van der Waals surface area (Å²) in [4.78, 5) is 20.2. The molecular formula is C23H27ClN4O2S2. The summed E-state index contributed by atoms with van der Waals surface area (Å²) >= 11 is 7.93. The van der Waals surface area contributed by atoms with E-state index in [0.717, 1.165) is 17.5 Å². The number of rotatable bonds is 4. The molecule has 2 aliphatic rings. The number of aryl methyl sites for hydroxylation is 1. The van der Waals surface area contributed by atoms with Crippen LogP contribution in [-0.4, -0.2) is 55.5 Å². The summed E-state index contributed by atoms with van der Waals surface area (Å²) in [5, 5.41) is 5.29. The smallest absolute Gasteiger partial charge is 0.282 e. The van der Waals surface area contributed by atoms with E-state index in [2.05, 4.69) is 28.7 Å². The molecule has 170 valence electrons. The molecule has 1 amide bonds. The van der Waals surface area contributed by atoms with E-state index in [1.54, 1.807) is 0 Å². The fourth-order valence-corrected chi connectivity index (χ4v) is 6.09. The van der Waals surface area contributed by atoms with E-state index in [1.165, 1.54) is 11.8 Å². The van der Waals surface area contributed by atoms with Crippen molar-refractivity contribution in [3.8, 4) is 0 Å². The lowest BCUT2D eigenvalue weighted by molar-refractivity contribution is 0.128. The molecule has 2 fully saturated rings. The predicted molar refractivity (Wildman–Crippen MR) is 132 cm³/mol. The van der Waals surface area contributed by atoms with E-state index in [-0.39, 0.29) is 16.0 Å². The molecule has 6 nitrogen and oxygen atoms in total. The largest absolute Gasteiger partial charge is 0.351 e. The van der Waals surface area contributed by atoms with E-state index in [1.807, 2.05) is 60.4 Å². The minimum Gasteiger partial charge on any atom is -0.351 e. The van der Waals surface area contributed by atoms with E-state index in [9.17, 15) is 9.00 Å². The molecule has 0 saturated carbocycles. The van der Waals surface area contributed by atoms with Crippen LogP contribution in [0.2, 0.25) is 5.02 Å².